The SMILES string of the molecule is CCC(C)(C)CC(c1cccc(-c2nc3ccccc3n2C2=CC=CCC2)c1)C(C)C(C)(C)CC(c1cc(-n2cc(C(C)(C)C)c3ccccc32)cc(-n2cc(C(C)(C)C)c3ccccc32)c1)C(C)C. The highest BCUT2D eigenvalue weighted by molar-refractivity contribution is 5.89. The number of imidazole rings is 1. The Balaban J connectivity index is 1.16. The lowest BCUT2D eigenvalue weighted by Gasteiger charge is -2.43. The summed E-state index contributed by atoms with van der Waals surface area (Å²) in [5, 5.41) is 2.65. The average Bonchev–Trinajstić information content (AvgIpc) is 4.05. The van der Waals surface area contributed by atoms with Crippen molar-refractivity contribution < 1.29 is 0 Å². The largest absolute Gasteiger partial charge is 0.316 e. The van der Waals surface area contributed by atoms with Crippen molar-refractivity contribution in [1.29, 1.82) is 0 Å². The molecule has 364 valence electrons. The van der Waals surface area contributed by atoms with E-state index in [1.165, 1.54) is 72.2 Å². The first-order valence-corrected chi connectivity index (χ1v) is 26.5. The van der Waals surface area contributed by atoms with E-state index in [9.17, 15) is 0 Å². The summed E-state index contributed by atoms with van der Waals surface area (Å²) in [6.07, 6.45) is 17.0. The van der Waals surface area contributed by atoms with E-state index in [1.807, 2.05) is 0 Å². The Hall–Kier alpha value is -5.87. The lowest BCUT2D eigenvalue weighted by molar-refractivity contribution is 0.128. The van der Waals surface area contributed by atoms with Crippen molar-refractivity contribution in [3.8, 4) is 22.8 Å². The van der Waals surface area contributed by atoms with Gasteiger partial charge in [-0.15, -0.1) is 0 Å². The summed E-state index contributed by atoms with van der Waals surface area (Å²) in [5.74, 6) is 2.49. The molecule has 4 nitrogen and oxygen atoms in total. The zero-order valence-corrected chi connectivity index (χ0v) is 45.0. The third-order valence-electron chi connectivity index (χ3n) is 16.5. The van der Waals surface area contributed by atoms with Crippen LogP contribution in [0.25, 0.3) is 61.3 Å². The van der Waals surface area contributed by atoms with Gasteiger partial charge in [-0.2, -0.15) is 0 Å². The number of nitrogens with zero attached hydrogens (tertiary/aromatic N) is 4. The van der Waals surface area contributed by atoms with Gasteiger partial charge in [-0.1, -0.05) is 182 Å². The van der Waals surface area contributed by atoms with Gasteiger partial charge in [0, 0.05) is 45.8 Å². The smallest absolute Gasteiger partial charge is 0.145 e. The molecule has 0 bridgehead atoms. The predicted molar refractivity (Wildman–Crippen MR) is 302 cm³/mol. The molecule has 0 spiro atoms. The first kappa shape index (κ1) is 49.1. The molecule has 3 heterocycles. The highest BCUT2D eigenvalue weighted by Crippen LogP contribution is 2.51. The van der Waals surface area contributed by atoms with Crippen LogP contribution in [-0.4, -0.2) is 18.7 Å². The van der Waals surface area contributed by atoms with Gasteiger partial charge in [-0.05, 0) is 148 Å². The minimum atomic E-state index is -0.0128. The maximum atomic E-state index is 5.35. The fourth-order valence-corrected chi connectivity index (χ4v) is 11.6. The molecule has 4 heteroatoms. The number of hydrogen-bond acceptors (Lipinski definition) is 1. The van der Waals surface area contributed by atoms with Gasteiger partial charge in [-0.25, -0.2) is 4.98 Å². The molecule has 1 aliphatic rings. The van der Waals surface area contributed by atoms with Gasteiger partial charge < -0.3 is 9.13 Å². The summed E-state index contributed by atoms with van der Waals surface area (Å²) in [7, 11) is 0. The third-order valence-corrected chi connectivity index (χ3v) is 16.5. The Kier molecular flexibility index (Phi) is 13.1. The molecule has 0 radical (unpaired) electrons. The van der Waals surface area contributed by atoms with Crippen LogP contribution >= 0.6 is 0 Å². The van der Waals surface area contributed by atoms with Crippen LogP contribution in [0, 0.1) is 22.7 Å². The Morgan fingerprint density at radius 2 is 1.16 bits per heavy atom. The van der Waals surface area contributed by atoms with Gasteiger partial charge in [0.1, 0.15) is 5.82 Å². The molecule has 3 aromatic heterocycles. The third kappa shape index (κ3) is 9.52. The van der Waals surface area contributed by atoms with Crippen LogP contribution in [0.15, 0.2) is 146 Å². The van der Waals surface area contributed by atoms with E-state index in [-0.39, 0.29) is 21.7 Å². The van der Waals surface area contributed by atoms with E-state index in [1.54, 1.807) is 0 Å². The summed E-state index contributed by atoms with van der Waals surface area (Å²) < 4.78 is 7.39. The van der Waals surface area contributed by atoms with Crippen LogP contribution < -0.4 is 0 Å². The molecule has 0 N–H and O–H groups in total. The van der Waals surface area contributed by atoms with Gasteiger partial charge >= 0.3 is 0 Å². The molecule has 3 unspecified atom stereocenters. The van der Waals surface area contributed by atoms with E-state index in [2.05, 4.69) is 257 Å². The number of allylic oxidation sites excluding steroid dienone is 4. The summed E-state index contributed by atoms with van der Waals surface area (Å²) in [5.41, 5.74) is 15.4. The maximum Gasteiger partial charge on any atom is 0.145 e. The quantitative estimate of drug-likeness (QED) is 0.107. The fraction of sp³-hybridized carbons (Fsp3) is 0.409. The second kappa shape index (κ2) is 18.7. The molecule has 5 aromatic carbocycles. The molecule has 0 saturated heterocycles. The van der Waals surface area contributed by atoms with Crippen LogP contribution in [0.5, 0.6) is 0 Å². The molecule has 9 rings (SSSR count). The standard InChI is InChI=1S/C66H80N4/c1-15-65(11,12)40-55(46-26-25-27-47(36-46)62-67-58-32-21-24-35-61(58)70(62)49-28-17-16-18-29-49)45(4)66(13,14)41-54(44(2)3)48-37-50(68-42-56(63(5,6)7)52-30-19-22-33-59(52)68)39-51(38-48)69-43-57(64(8,9)10)53-31-20-23-34-60(53)69/h16-17,19-28,30-39,42-45,54-55H,15,18,29,40-41H2,1-14H3. The van der Waals surface area contributed by atoms with Crippen molar-refractivity contribution in [2.24, 2.45) is 22.7 Å². The Bertz CT molecular complexity index is 3120. The van der Waals surface area contributed by atoms with Gasteiger partial charge in [0.05, 0.1) is 22.1 Å². The van der Waals surface area contributed by atoms with Gasteiger partial charge in [0.15, 0.2) is 0 Å². The van der Waals surface area contributed by atoms with Crippen molar-refractivity contribution in [2.75, 3.05) is 0 Å². The topological polar surface area (TPSA) is 27.7 Å². The minimum absolute atomic E-state index is 0.00789. The molecule has 3 atom stereocenters. The normalized spacial score (nSPS) is 15.3. The van der Waals surface area contributed by atoms with E-state index in [4.69, 9.17) is 4.98 Å². The summed E-state index contributed by atoms with van der Waals surface area (Å²) in [6, 6.07) is 43.6. The second-order valence-electron chi connectivity index (χ2n) is 24.8. The lowest BCUT2D eigenvalue weighted by Crippen LogP contribution is -2.32. The number of hydrogen-bond donors (Lipinski definition) is 0. The first-order chi connectivity index (χ1) is 33.1. The molecule has 0 aliphatic heterocycles. The zero-order chi connectivity index (χ0) is 49.9. The molecule has 70 heavy (non-hydrogen) atoms. The minimum Gasteiger partial charge on any atom is -0.316 e. The van der Waals surface area contributed by atoms with Crippen LogP contribution in [0.1, 0.15) is 163 Å². The van der Waals surface area contributed by atoms with Crippen molar-refractivity contribution in [3.63, 3.8) is 0 Å². The number of fused-ring (bicyclic) bond motifs is 3. The maximum absolute atomic E-state index is 5.35. The summed E-state index contributed by atoms with van der Waals surface area (Å²) in [4.78, 5) is 5.35. The Morgan fingerprint density at radius 1 is 0.586 bits per heavy atom. The first-order valence-electron chi connectivity index (χ1n) is 26.5. The fourth-order valence-electron chi connectivity index (χ4n) is 11.6. The second-order valence-corrected chi connectivity index (χ2v) is 24.8. The highest BCUT2D eigenvalue weighted by atomic mass is 15.1. The van der Waals surface area contributed by atoms with Gasteiger partial charge in [0.2, 0.25) is 0 Å². The van der Waals surface area contributed by atoms with Crippen molar-refractivity contribution >= 4 is 38.5 Å². The number of para-hydroxylation sites is 4. The van der Waals surface area contributed by atoms with Gasteiger partial charge in [0.25, 0.3) is 0 Å². The molecule has 1 aliphatic carbocycles. The van der Waals surface area contributed by atoms with Crippen molar-refractivity contribution in [2.45, 2.75) is 152 Å². The van der Waals surface area contributed by atoms with Crippen LogP contribution in [0.3, 0.4) is 0 Å². The lowest BCUT2D eigenvalue weighted by atomic mass is 9.62. The Labute approximate surface area is 420 Å². The Morgan fingerprint density at radius 3 is 1.70 bits per heavy atom. The van der Waals surface area contributed by atoms with E-state index in [0.717, 1.165) is 43.4 Å². The molecule has 8 aromatic rings. The molecular weight excluding hydrogens is 849 g/mol. The molecular formula is C66H80N4. The number of aromatic nitrogens is 4. The molecule has 0 fully saturated rings. The summed E-state index contributed by atoms with van der Waals surface area (Å²) in [6.45, 7) is 34.0. The number of benzene rings is 5. The molecule has 0 amide bonds. The monoisotopic (exact) mass is 929 g/mol. The van der Waals surface area contributed by atoms with Crippen LogP contribution in [-0.2, 0) is 10.8 Å². The van der Waals surface area contributed by atoms with Crippen LogP contribution in [0.4, 0.5) is 0 Å². The average molecular weight is 929 g/mol. The van der Waals surface area contributed by atoms with Gasteiger partial charge in [-0.3, -0.25) is 4.57 Å². The zero-order valence-electron chi connectivity index (χ0n) is 45.0. The predicted octanol–water partition coefficient (Wildman–Crippen LogP) is 18.8. The van der Waals surface area contributed by atoms with Crippen molar-refractivity contribution in [3.05, 3.63) is 168 Å². The van der Waals surface area contributed by atoms with Crippen LogP contribution in [0.2, 0.25) is 0 Å². The number of rotatable bonds is 14. The van der Waals surface area contributed by atoms with E-state index >= 15 is 0 Å². The molecule has 0 saturated carbocycles. The summed E-state index contributed by atoms with van der Waals surface area (Å²) >= 11 is 0. The van der Waals surface area contributed by atoms with Crippen molar-refractivity contribution in [1.82, 2.24) is 18.7 Å². The van der Waals surface area contributed by atoms with E-state index in [0.29, 0.717) is 23.7 Å². The van der Waals surface area contributed by atoms with E-state index < -0.39 is 0 Å². The highest BCUT2D eigenvalue weighted by Gasteiger charge is 2.39.